The van der Waals surface area contributed by atoms with E-state index in [1.165, 1.54) is 12.4 Å². The van der Waals surface area contributed by atoms with Gasteiger partial charge in [0.15, 0.2) is 11.5 Å². The fourth-order valence-electron chi connectivity index (χ4n) is 1.84. The minimum absolute atomic E-state index is 0.0149. The molecule has 150 valence electrons. The molecule has 1 aromatic carbocycles. The van der Waals surface area contributed by atoms with E-state index in [9.17, 15) is 27.2 Å². The lowest BCUT2D eigenvalue weighted by atomic mass is 10.1. The summed E-state index contributed by atoms with van der Waals surface area (Å²) >= 11 is 3.95. The molecule has 2 aromatic rings. The Balaban J connectivity index is 2.08. The van der Waals surface area contributed by atoms with Gasteiger partial charge in [-0.05, 0) is 32.0 Å². The number of hydrogen-bond acceptors (Lipinski definition) is 5. The molecule has 0 aliphatic heterocycles. The Kier molecular flexibility index (Phi) is 6.12. The Morgan fingerprint density at radius 3 is 2.43 bits per heavy atom. The van der Waals surface area contributed by atoms with Crippen LogP contribution in [0.4, 0.5) is 17.6 Å². The predicted molar refractivity (Wildman–Crippen MR) is 94.5 cm³/mol. The van der Waals surface area contributed by atoms with Crippen LogP contribution in [0.3, 0.4) is 0 Å². The first-order valence-electron chi connectivity index (χ1n) is 7.66. The zero-order valence-corrected chi connectivity index (χ0v) is 15.5. The first-order valence-corrected chi connectivity index (χ1v) is 8.11. The molecular weight excluding hydrogens is 402 g/mol. The maximum absolute atomic E-state index is 13.3. The second-order valence-electron chi connectivity index (χ2n) is 6.05. The molecule has 0 saturated heterocycles. The molecule has 0 radical (unpaired) electrons. The molecule has 0 fully saturated rings. The fourth-order valence-corrected chi connectivity index (χ4v) is 2.11. The normalized spacial score (nSPS) is 12.2. The predicted octanol–water partition coefficient (Wildman–Crippen LogP) is 2.62. The highest BCUT2D eigenvalue weighted by Crippen LogP contribution is 2.33. The monoisotopic (exact) mass is 417 g/mol. The number of hydrazine groups is 1. The number of alkyl halides is 4. The van der Waals surface area contributed by atoms with Gasteiger partial charge in [-0.2, -0.15) is 13.2 Å². The van der Waals surface area contributed by atoms with Gasteiger partial charge in [0.2, 0.25) is 0 Å². The lowest BCUT2D eigenvalue weighted by Gasteiger charge is -2.13. The molecule has 0 unspecified atom stereocenters. The molecule has 0 aliphatic rings. The molecule has 0 atom stereocenters. The highest BCUT2D eigenvalue weighted by Gasteiger charge is 2.31. The fraction of sp³-hybridized carbons (Fsp3) is 0.250. The van der Waals surface area contributed by atoms with Gasteiger partial charge in [0.25, 0.3) is 11.8 Å². The molecule has 28 heavy (non-hydrogen) atoms. The molecule has 0 spiro atoms. The van der Waals surface area contributed by atoms with Crippen LogP contribution in [0.25, 0.3) is 17.6 Å². The van der Waals surface area contributed by atoms with Gasteiger partial charge in [0, 0.05) is 22.7 Å². The average Bonchev–Trinajstić information content (AvgIpc) is 3.04. The number of carbonyl (C=O) groups is 2. The van der Waals surface area contributed by atoms with E-state index in [2.05, 4.69) is 22.7 Å². The smallest absolute Gasteiger partial charge is 0.270 e. The third-order valence-electron chi connectivity index (χ3n) is 3.23. The SMILES string of the molecule is CC(C)(F)C(=O)NNC(=O)/C=C\n1cnc(-c2cc(S)cc(C(F)(F)F)c2)n1. The number of nitrogens with one attached hydrogen (secondary N) is 2. The third kappa shape index (κ3) is 5.81. The zero-order chi connectivity index (χ0) is 21.1. The topological polar surface area (TPSA) is 88.9 Å². The summed E-state index contributed by atoms with van der Waals surface area (Å²) < 4.78 is 53.1. The molecule has 1 aromatic heterocycles. The van der Waals surface area contributed by atoms with Crippen molar-refractivity contribution in [3.63, 3.8) is 0 Å². The molecule has 0 aliphatic carbocycles. The number of halogens is 4. The number of carbonyl (C=O) groups excluding carboxylic acids is 2. The van der Waals surface area contributed by atoms with Gasteiger partial charge in [-0.25, -0.2) is 14.1 Å². The van der Waals surface area contributed by atoms with Crippen molar-refractivity contribution in [3.8, 4) is 11.4 Å². The molecule has 0 saturated carbocycles. The number of benzene rings is 1. The molecule has 1 heterocycles. The van der Waals surface area contributed by atoms with Gasteiger partial charge >= 0.3 is 6.18 Å². The average molecular weight is 417 g/mol. The summed E-state index contributed by atoms with van der Waals surface area (Å²) in [5.41, 5.74) is 0.883. The van der Waals surface area contributed by atoms with E-state index in [-0.39, 0.29) is 16.3 Å². The minimum Gasteiger partial charge on any atom is -0.270 e. The number of aromatic nitrogens is 3. The second kappa shape index (κ2) is 8.00. The van der Waals surface area contributed by atoms with Crippen LogP contribution in [0.5, 0.6) is 0 Å². The largest absolute Gasteiger partial charge is 0.416 e. The van der Waals surface area contributed by atoms with Crippen LogP contribution in [0.15, 0.2) is 35.5 Å². The number of amides is 2. The van der Waals surface area contributed by atoms with E-state index >= 15 is 0 Å². The van der Waals surface area contributed by atoms with Crippen molar-refractivity contribution < 1.29 is 27.2 Å². The highest BCUT2D eigenvalue weighted by molar-refractivity contribution is 7.80. The van der Waals surface area contributed by atoms with Crippen molar-refractivity contribution >= 4 is 30.6 Å². The van der Waals surface area contributed by atoms with Gasteiger partial charge in [0.1, 0.15) is 6.33 Å². The third-order valence-corrected chi connectivity index (χ3v) is 3.49. The van der Waals surface area contributed by atoms with E-state index in [1.54, 1.807) is 0 Å². The minimum atomic E-state index is -4.55. The van der Waals surface area contributed by atoms with Crippen molar-refractivity contribution in [2.45, 2.75) is 30.6 Å². The van der Waals surface area contributed by atoms with Gasteiger partial charge in [-0.15, -0.1) is 17.7 Å². The summed E-state index contributed by atoms with van der Waals surface area (Å²) in [5.74, 6) is -1.84. The van der Waals surface area contributed by atoms with Crippen molar-refractivity contribution in [1.29, 1.82) is 0 Å². The Labute approximate surface area is 162 Å². The maximum Gasteiger partial charge on any atom is 0.416 e. The summed E-state index contributed by atoms with van der Waals surface area (Å²) in [4.78, 5) is 26.9. The summed E-state index contributed by atoms with van der Waals surface area (Å²) in [6, 6.07) is 3.12. The summed E-state index contributed by atoms with van der Waals surface area (Å²) in [5, 5.41) is 3.94. The molecule has 0 bridgehead atoms. The van der Waals surface area contributed by atoms with Crippen LogP contribution in [0.1, 0.15) is 19.4 Å². The van der Waals surface area contributed by atoms with E-state index in [0.29, 0.717) is 0 Å². The molecule has 2 N–H and O–H groups in total. The van der Waals surface area contributed by atoms with Crippen LogP contribution in [0, 0.1) is 0 Å². The Hall–Kier alpha value is -2.89. The zero-order valence-electron chi connectivity index (χ0n) is 14.6. The van der Waals surface area contributed by atoms with E-state index < -0.39 is 29.2 Å². The number of rotatable bonds is 4. The highest BCUT2D eigenvalue weighted by atomic mass is 32.1. The van der Waals surface area contributed by atoms with Gasteiger partial charge in [-0.1, -0.05) is 0 Å². The van der Waals surface area contributed by atoms with Gasteiger partial charge in [-0.3, -0.25) is 20.4 Å². The van der Waals surface area contributed by atoms with Crippen LogP contribution < -0.4 is 10.9 Å². The molecule has 7 nitrogen and oxygen atoms in total. The van der Waals surface area contributed by atoms with Crippen LogP contribution in [-0.4, -0.2) is 32.2 Å². The first-order chi connectivity index (χ1) is 12.9. The van der Waals surface area contributed by atoms with E-state index in [4.69, 9.17) is 0 Å². The van der Waals surface area contributed by atoms with Crippen molar-refractivity contribution in [1.82, 2.24) is 25.6 Å². The van der Waals surface area contributed by atoms with Gasteiger partial charge < -0.3 is 0 Å². The lowest BCUT2D eigenvalue weighted by molar-refractivity contribution is -0.137. The van der Waals surface area contributed by atoms with Crippen molar-refractivity contribution in [2.24, 2.45) is 0 Å². The first kappa shape index (κ1) is 21.4. The molecule has 12 heteroatoms. The van der Waals surface area contributed by atoms with Crippen molar-refractivity contribution in [3.05, 3.63) is 36.2 Å². The Bertz CT molecular complexity index is 918. The number of hydrogen-bond donors (Lipinski definition) is 3. The number of thiol groups is 1. The standard InChI is InChI=1S/C16H15F4N5O2S/c1-15(2,17)14(27)23-22-12(26)3-4-25-8-21-13(24-25)9-5-10(16(18,19)20)7-11(28)6-9/h3-8,28H,1-2H3,(H,22,26)(H,23,27)/b4-3-. The molecular formula is C16H15F4N5O2S. The van der Waals surface area contributed by atoms with Crippen LogP contribution in [0.2, 0.25) is 0 Å². The van der Waals surface area contributed by atoms with Crippen molar-refractivity contribution in [2.75, 3.05) is 0 Å². The summed E-state index contributed by atoms with van der Waals surface area (Å²) in [6.07, 6.45) is -1.28. The van der Waals surface area contributed by atoms with Gasteiger partial charge in [0.05, 0.1) is 5.56 Å². The van der Waals surface area contributed by atoms with Crippen LogP contribution in [-0.2, 0) is 15.8 Å². The lowest BCUT2D eigenvalue weighted by Crippen LogP contribution is -2.48. The molecule has 2 rings (SSSR count). The van der Waals surface area contributed by atoms with E-state index in [1.807, 2.05) is 10.9 Å². The van der Waals surface area contributed by atoms with Crippen LogP contribution >= 0.6 is 12.6 Å². The maximum atomic E-state index is 13.3. The second-order valence-corrected chi connectivity index (χ2v) is 6.56. The quantitative estimate of drug-likeness (QED) is 0.309. The Morgan fingerprint density at radius 1 is 1.14 bits per heavy atom. The molecule has 2 amide bonds. The summed E-state index contributed by atoms with van der Waals surface area (Å²) in [6.45, 7) is 2.04. The summed E-state index contributed by atoms with van der Waals surface area (Å²) in [7, 11) is 0. The Morgan fingerprint density at radius 2 is 1.82 bits per heavy atom. The number of nitrogens with zero attached hydrogens (tertiary/aromatic N) is 3. The van der Waals surface area contributed by atoms with E-state index in [0.717, 1.165) is 42.9 Å².